The van der Waals surface area contributed by atoms with E-state index < -0.39 is 0 Å². The van der Waals surface area contributed by atoms with E-state index in [4.69, 9.17) is 16.3 Å². The molecule has 0 saturated heterocycles. The van der Waals surface area contributed by atoms with Gasteiger partial charge >= 0.3 is 0 Å². The summed E-state index contributed by atoms with van der Waals surface area (Å²) in [6.45, 7) is 0. The SMILES string of the molecule is COc1ccc(C(=O)CCl)c2ccc(=O)[nH]c12. The number of hydrogen-bond acceptors (Lipinski definition) is 3. The highest BCUT2D eigenvalue weighted by molar-refractivity contribution is 6.32. The number of hydrogen-bond donors (Lipinski definition) is 1. The summed E-state index contributed by atoms with van der Waals surface area (Å²) in [6, 6.07) is 6.24. The molecule has 0 atom stereocenters. The van der Waals surface area contributed by atoms with E-state index in [9.17, 15) is 9.59 Å². The maximum atomic E-state index is 11.6. The summed E-state index contributed by atoms with van der Waals surface area (Å²) >= 11 is 5.54. The molecule has 0 bridgehead atoms. The van der Waals surface area contributed by atoms with Crippen LogP contribution in [0.2, 0.25) is 0 Å². The zero-order valence-electron chi connectivity index (χ0n) is 9.12. The number of pyridine rings is 1. The Morgan fingerprint density at radius 1 is 1.35 bits per heavy atom. The first-order valence-corrected chi connectivity index (χ1v) is 5.50. The molecule has 0 saturated carbocycles. The molecule has 4 nitrogen and oxygen atoms in total. The summed E-state index contributed by atoms with van der Waals surface area (Å²) in [5.41, 5.74) is 0.745. The minimum atomic E-state index is -0.244. The zero-order valence-corrected chi connectivity index (χ0v) is 9.88. The van der Waals surface area contributed by atoms with Crippen molar-refractivity contribution in [2.75, 3.05) is 13.0 Å². The molecule has 5 heteroatoms. The Labute approximate surface area is 102 Å². The average Bonchev–Trinajstić information content (AvgIpc) is 2.36. The van der Waals surface area contributed by atoms with Gasteiger partial charge in [0.1, 0.15) is 5.75 Å². The maximum absolute atomic E-state index is 11.6. The number of ether oxygens (including phenoxy) is 1. The standard InChI is InChI=1S/C12H10ClNO3/c1-17-10-4-2-7(9(15)6-13)8-3-5-11(16)14-12(8)10/h2-5H,6H2,1H3,(H,14,16). The average molecular weight is 252 g/mol. The molecule has 0 amide bonds. The van der Waals surface area contributed by atoms with Crippen LogP contribution in [0.15, 0.2) is 29.1 Å². The van der Waals surface area contributed by atoms with Crippen molar-refractivity contribution in [2.45, 2.75) is 0 Å². The highest BCUT2D eigenvalue weighted by Crippen LogP contribution is 2.26. The highest BCUT2D eigenvalue weighted by atomic mass is 35.5. The largest absolute Gasteiger partial charge is 0.495 e. The van der Waals surface area contributed by atoms with E-state index in [-0.39, 0.29) is 17.2 Å². The van der Waals surface area contributed by atoms with Crippen molar-refractivity contribution in [1.29, 1.82) is 0 Å². The van der Waals surface area contributed by atoms with Crippen LogP contribution in [0.4, 0.5) is 0 Å². The maximum Gasteiger partial charge on any atom is 0.248 e. The minimum Gasteiger partial charge on any atom is -0.495 e. The molecule has 1 N–H and O–H groups in total. The molecule has 1 heterocycles. The number of Topliss-reactive ketones (excluding diaryl/α,β-unsaturated/α-hetero) is 1. The van der Waals surface area contributed by atoms with Gasteiger partial charge in [-0.2, -0.15) is 0 Å². The van der Waals surface area contributed by atoms with Crippen LogP contribution in [0.1, 0.15) is 10.4 Å². The molecule has 0 fully saturated rings. The third-order valence-electron chi connectivity index (χ3n) is 2.50. The molecule has 0 radical (unpaired) electrons. The Bertz CT molecular complexity index is 633. The summed E-state index contributed by atoms with van der Waals surface area (Å²) in [7, 11) is 1.50. The van der Waals surface area contributed by atoms with Crippen LogP contribution in [0.3, 0.4) is 0 Å². The van der Waals surface area contributed by atoms with E-state index in [1.807, 2.05) is 0 Å². The predicted octanol–water partition coefficient (Wildman–Crippen LogP) is 1.96. The summed E-state index contributed by atoms with van der Waals surface area (Å²) in [6.07, 6.45) is 0. The molecule has 0 aliphatic carbocycles. The fraction of sp³-hybridized carbons (Fsp3) is 0.167. The highest BCUT2D eigenvalue weighted by Gasteiger charge is 2.12. The summed E-state index contributed by atoms with van der Waals surface area (Å²) in [4.78, 5) is 25.6. The number of methoxy groups -OCH3 is 1. The van der Waals surface area contributed by atoms with Gasteiger partial charge in [0.2, 0.25) is 5.56 Å². The topological polar surface area (TPSA) is 59.2 Å². The number of benzene rings is 1. The monoisotopic (exact) mass is 251 g/mol. The Balaban J connectivity index is 2.82. The van der Waals surface area contributed by atoms with E-state index in [2.05, 4.69) is 4.98 Å². The molecule has 1 aromatic heterocycles. The van der Waals surface area contributed by atoms with Crippen LogP contribution in [0.5, 0.6) is 5.75 Å². The normalized spacial score (nSPS) is 10.5. The lowest BCUT2D eigenvalue weighted by Crippen LogP contribution is -2.07. The van der Waals surface area contributed by atoms with Gasteiger partial charge < -0.3 is 9.72 Å². The lowest BCUT2D eigenvalue weighted by molar-refractivity contribution is 0.102. The predicted molar refractivity (Wildman–Crippen MR) is 66.2 cm³/mol. The van der Waals surface area contributed by atoms with Gasteiger partial charge in [-0.25, -0.2) is 0 Å². The fourth-order valence-corrected chi connectivity index (χ4v) is 1.85. The second-order valence-corrected chi connectivity index (χ2v) is 3.75. The van der Waals surface area contributed by atoms with Crippen molar-refractivity contribution >= 4 is 28.3 Å². The molecule has 2 aromatic rings. The van der Waals surface area contributed by atoms with Crippen LogP contribution in [0, 0.1) is 0 Å². The second-order valence-electron chi connectivity index (χ2n) is 3.48. The van der Waals surface area contributed by atoms with Crippen molar-refractivity contribution < 1.29 is 9.53 Å². The fourth-order valence-electron chi connectivity index (χ4n) is 1.71. The second kappa shape index (κ2) is 4.59. The van der Waals surface area contributed by atoms with Gasteiger partial charge in [0, 0.05) is 17.0 Å². The zero-order chi connectivity index (χ0) is 12.4. The Morgan fingerprint density at radius 2 is 2.12 bits per heavy atom. The minimum absolute atomic E-state index is 0.0967. The van der Waals surface area contributed by atoms with E-state index in [0.29, 0.717) is 22.2 Å². The number of fused-ring (bicyclic) bond motifs is 1. The number of carbonyl (C=O) groups excluding carboxylic acids is 1. The molecule has 17 heavy (non-hydrogen) atoms. The van der Waals surface area contributed by atoms with Crippen molar-refractivity contribution in [1.82, 2.24) is 4.98 Å². The molecular weight excluding hydrogens is 242 g/mol. The van der Waals surface area contributed by atoms with Crippen molar-refractivity contribution in [3.8, 4) is 5.75 Å². The Morgan fingerprint density at radius 3 is 2.76 bits per heavy atom. The molecule has 88 valence electrons. The number of nitrogens with one attached hydrogen (secondary N) is 1. The van der Waals surface area contributed by atoms with Gasteiger partial charge in [0.05, 0.1) is 18.5 Å². The molecule has 0 spiro atoms. The number of H-pyrrole nitrogens is 1. The first kappa shape index (κ1) is 11.7. The molecule has 0 aliphatic heterocycles. The van der Waals surface area contributed by atoms with Gasteiger partial charge in [-0.3, -0.25) is 9.59 Å². The van der Waals surface area contributed by atoms with Crippen LogP contribution < -0.4 is 10.3 Å². The summed E-state index contributed by atoms with van der Waals surface area (Å²) in [5, 5.41) is 0.634. The molecule has 0 unspecified atom stereocenters. The van der Waals surface area contributed by atoms with Crippen LogP contribution in [-0.2, 0) is 0 Å². The first-order valence-electron chi connectivity index (χ1n) is 4.96. The first-order chi connectivity index (χ1) is 8.17. The lowest BCUT2D eigenvalue weighted by atomic mass is 10.0. The van der Waals surface area contributed by atoms with E-state index >= 15 is 0 Å². The van der Waals surface area contributed by atoms with Gasteiger partial charge in [-0.15, -0.1) is 11.6 Å². The van der Waals surface area contributed by atoms with Gasteiger partial charge in [-0.05, 0) is 18.2 Å². The van der Waals surface area contributed by atoms with Gasteiger partial charge in [-0.1, -0.05) is 0 Å². The van der Waals surface area contributed by atoms with Crippen molar-refractivity contribution in [2.24, 2.45) is 0 Å². The van der Waals surface area contributed by atoms with E-state index in [0.717, 1.165) is 0 Å². The smallest absolute Gasteiger partial charge is 0.248 e. The van der Waals surface area contributed by atoms with E-state index in [1.54, 1.807) is 18.2 Å². The number of alkyl halides is 1. The quantitative estimate of drug-likeness (QED) is 0.670. The molecule has 0 aliphatic rings. The van der Waals surface area contributed by atoms with Crippen molar-refractivity contribution in [3.05, 3.63) is 40.2 Å². The van der Waals surface area contributed by atoms with Crippen molar-refractivity contribution in [3.63, 3.8) is 0 Å². The summed E-state index contributed by atoms with van der Waals surface area (Å²) in [5.74, 6) is 0.232. The van der Waals surface area contributed by atoms with Gasteiger partial charge in [0.15, 0.2) is 5.78 Å². The number of rotatable bonds is 3. The summed E-state index contributed by atoms with van der Waals surface area (Å²) < 4.78 is 5.14. The van der Waals surface area contributed by atoms with Crippen LogP contribution in [-0.4, -0.2) is 23.8 Å². The molecular formula is C12H10ClNO3. The van der Waals surface area contributed by atoms with Crippen LogP contribution >= 0.6 is 11.6 Å². The molecule has 1 aromatic carbocycles. The van der Waals surface area contributed by atoms with E-state index in [1.165, 1.54) is 13.2 Å². The number of ketones is 1. The van der Waals surface area contributed by atoms with Gasteiger partial charge in [0.25, 0.3) is 0 Å². The number of aromatic amines is 1. The van der Waals surface area contributed by atoms with Crippen LogP contribution in [0.25, 0.3) is 10.9 Å². The number of aromatic nitrogens is 1. The third-order valence-corrected chi connectivity index (χ3v) is 2.74. The lowest BCUT2D eigenvalue weighted by Gasteiger charge is -2.08. The Kier molecular flexibility index (Phi) is 3.15. The number of halogens is 1. The molecule has 2 rings (SSSR count). The third kappa shape index (κ3) is 2.03. The Hall–Kier alpha value is -1.81. The number of carbonyl (C=O) groups is 1.